The molecule has 106 valence electrons. The number of methoxy groups -OCH3 is 1. The number of hydrogen-bond donors (Lipinski definition) is 3. The van der Waals surface area contributed by atoms with E-state index in [-0.39, 0.29) is 5.82 Å². The molecule has 0 spiro atoms. The van der Waals surface area contributed by atoms with Crippen LogP contribution in [0.3, 0.4) is 0 Å². The van der Waals surface area contributed by atoms with E-state index >= 15 is 0 Å². The van der Waals surface area contributed by atoms with E-state index < -0.39 is 0 Å². The van der Waals surface area contributed by atoms with Crippen LogP contribution in [0.5, 0.6) is 0 Å². The molecule has 0 unspecified atom stereocenters. The van der Waals surface area contributed by atoms with Crippen LogP contribution >= 0.6 is 15.9 Å². The van der Waals surface area contributed by atoms with Crippen LogP contribution in [0.25, 0.3) is 0 Å². The average molecular weight is 333 g/mol. The fourth-order valence-corrected chi connectivity index (χ4v) is 1.89. The van der Waals surface area contributed by atoms with E-state index in [2.05, 4.69) is 31.7 Å². The molecule has 0 heterocycles. The van der Waals surface area contributed by atoms with Gasteiger partial charge in [0.2, 0.25) is 5.96 Å². The normalized spacial score (nSPS) is 11.5. The van der Waals surface area contributed by atoms with Gasteiger partial charge in [-0.3, -0.25) is 10.4 Å². The molecule has 1 aromatic rings. The van der Waals surface area contributed by atoms with Gasteiger partial charge >= 0.3 is 0 Å². The summed E-state index contributed by atoms with van der Waals surface area (Å²) in [6.45, 7) is 3.07. The van der Waals surface area contributed by atoms with Crippen molar-refractivity contribution in [1.29, 1.82) is 0 Å². The minimum absolute atomic E-state index is 0.344. The zero-order chi connectivity index (χ0) is 14.3. The van der Waals surface area contributed by atoms with E-state index in [1.54, 1.807) is 13.2 Å². The Balaban J connectivity index is 2.72. The Kier molecular flexibility index (Phi) is 6.75. The molecule has 0 amide bonds. The summed E-state index contributed by atoms with van der Waals surface area (Å²) in [5.41, 5.74) is 3.95. The molecule has 0 fully saturated rings. The maximum Gasteiger partial charge on any atom is 0.210 e. The fraction of sp³-hybridized carbons (Fsp3) is 0.417. The van der Waals surface area contributed by atoms with Crippen LogP contribution < -0.4 is 16.6 Å². The zero-order valence-electron chi connectivity index (χ0n) is 11.0. The van der Waals surface area contributed by atoms with Gasteiger partial charge in [-0.25, -0.2) is 10.2 Å². The predicted octanol–water partition coefficient (Wildman–Crippen LogP) is 2.16. The van der Waals surface area contributed by atoms with E-state index in [0.29, 0.717) is 29.3 Å². The number of nitrogens with one attached hydrogen (secondary N) is 2. The Morgan fingerprint density at radius 2 is 2.26 bits per heavy atom. The number of rotatable bonds is 5. The van der Waals surface area contributed by atoms with Crippen molar-refractivity contribution in [3.8, 4) is 0 Å². The minimum atomic E-state index is -0.344. The number of nitrogens with two attached hydrogens (primary N) is 1. The van der Waals surface area contributed by atoms with Gasteiger partial charge in [-0.05, 0) is 47.0 Å². The minimum Gasteiger partial charge on any atom is -0.385 e. The van der Waals surface area contributed by atoms with Crippen LogP contribution in [0.4, 0.5) is 10.1 Å². The maximum atomic E-state index is 13.5. The average Bonchev–Trinajstić information content (AvgIpc) is 2.39. The quantitative estimate of drug-likeness (QED) is 0.254. The van der Waals surface area contributed by atoms with Gasteiger partial charge < -0.3 is 10.1 Å². The van der Waals surface area contributed by atoms with Crippen molar-refractivity contribution >= 4 is 27.6 Å². The third kappa shape index (κ3) is 5.14. The summed E-state index contributed by atoms with van der Waals surface area (Å²) < 4.78 is 18.8. The Bertz CT molecular complexity index is 454. The molecule has 5 nitrogen and oxygen atoms in total. The number of aliphatic imine (C=N–C) groups is 1. The van der Waals surface area contributed by atoms with Gasteiger partial charge in [-0.2, -0.15) is 0 Å². The number of benzene rings is 1. The molecule has 7 heteroatoms. The van der Waals surface area contributed by atoms with Crippen molar-refractivity contribution in [2.24, 2.45) is 10.8 Å². The Morgan fingerprint density at radius 3 is 2.89 bits per heavy atom. The van der Waals surface area contributed by atoms with Crippen molar-refractivity contribution in [3.63, 3.8) is 0 Å². The Hall–Kier alpha value is -1.18. The van der Waals surface area contributed by atoms with Crippen LogP contribution in [0.1, 0.15) is 12.0 Å². The van der Waals surface area contributed by atoms with E-state index in [1.807, 2.05) is 6.92 Å². The molecule has 0 aromatic heterocycles. The maximum absolute atomic E-state index is 13.5. The van der Waals surface area contributed by atoms with Crippen LogP contribution in [-0.4, -0.2) is 26.2 Å². The van der Waals surface area contributed by atoms with Crippen LogP contribution in [0.2, 0.25) is 0 Å². The lowest BCUT2D eigenvalue weighted by molar-refractivity contribution is 0.197. The first kappa shape index (κ1) is 15.9. The zero-order valence-corrected chi connectivity index (χ0v) is 12.6. The van der Waals surface area contributed by atoms with Crippen LogP contribution in [0.15, 0.2) is 21.6 Å². The van der Waals surface area contributed by atoms with Crippen molar-refractivity contribution in [1.82, 2.24) is 5.43 Å². The topological polar surface area (TPSA) is 71.7 Å². The summed E-state index contributed by atoms with van der Waals surface area (Å²) in [6.07, 6.45) is 0.789. The number of hydrazine groups is 1. The lowest BCUT2D eigenvalue weighted by atomic mass is 10.2. The number of halogens is 2. The monoisotopic (exact) mass is 332 g/mol. The number of nitrogens with zero attached hydrogens (tertiary/aromatic N) is 1. The SMILES string of the molecule is COCCCN=C(NN)Nc1cc(F)c(Br)cc1C. The molecule has 0 aliphatic carbocycles. The predicted molar refractivity (Wildman–Crippen MR) is 78.6 cm³/mol. The molecule has 0 saturated heterocycles. The van der Waals surface area contributed by atoms with Crippen molar-refractivity contribution in [3.05, 3.63) is 28.0 Å². The molecule has 0 radical (unpaired) electrons. The third-order valence-electron chi connectivity index (χ3n) is 2.43. The number of ether oxygens (including phenoxy) is 1. The number of anilines is 1. The molecular weight excluding hydrogens is 315 g/mol. The molecule has 4 N–H and O–H groups in total. The summed E-state index contributed by atoms with van der Waals surface area (Å²) in [4.78, 5) is 4.22. The number of hydrogen-bond acceptors (Lipinski definition) is 3. The second-order valence-electron chi connectivity index (χ2n) is 3.93. The number of aryl methyl sites for hydroxylation is 1. The number of guanidine groups is 1. The highest BCUT2D eigenvalue weighted by atomic mass is 79.9. The summed E-state index contributed by atoms with van der Waals surface area (Å²) in [5, 5.41) is 2.95. The first-order chi connectivity index (χ1) is 9.08. The van der Waals surface area contributed by atoms with Crippen LogP contribution in [-0.2, 0) is 4.74 Å². The molecule has 19 heavy (non-hydrogen) atoms. The van der Waals surface area contributed by atoms with E-state index in [4.69, 9.17) is 10.6 Å². The largest absolute Gasteiger partial charge is 0.385 e. The smallest absolute Gasteiger partial charge is 0.210 e. The second kappa shape index (κ2) is 8.08. The first-order valence-corrected chi connectivity index (χ1v) is 6.60. The molecule has 0 atom stereocenters. The highest BCUT2D eigenvalue weighted by Crippen LogP contribution is 2.23. The van der Waals surface area contributed by atoms with E-state index in [1.165, 1.54) is 6.07 Å². The van der Waals surface area contributed by atoms with Crippen molar-refractivity contribution in [2.45, 2.75) is 13.3 Å². The van der Waals surface area contributed by atoms with Crippen LogP contribution in [0, 0.1) is 12.7 Å². The third-order valence-corrected chi connectivity index (χ3v) is 3.04. The first-order valence-electron chi connectivity index (χ1n) is 5.81. The van der Waals surface area contributed by atoms with E-state index in [9.17, 15) is 4.39 Å². The Labute approximate surface area is 120 Å². The van der Waals surface area contributed by atoms with Crippen molar-refractivity contribution < 1.29 is 9.13 Å². The fourth-order valence-electron chi connectivity index (χ4n) is 1.43. The van der Waals surface area contributed by atoms with Gasteiger partial charge in [-0.15, -0.1) is 0 Å². The highest BCUT2D eigenvalue weighted by molar-refractivity contribution is 9.10. The summed E-state index contributed by atoms with van der Waals surface area (Å²) in [5.74, 6) is 5.42. The standard InChI is InChI=1S/C12H18BrFN4O/c1-8-6-9(13)10(14)7-11(8)17-12(18-15)16-4-3-5-19-2/h6-7H,3-5,15H2,1-2H3,(H2,16,17,18). The van der Waals surface area contributed by atoms with Gasteiger partial charge in [0.25, 0.3) is 0 Å². The van der Waals surface area contributed by atoms with Gasteiger partial charge in [0.15, 0.2) is 0 Å². The molecule has 1 rings (SSSR count). The summed E-state index contributed by atoms with van der Waals surface area (Å²) in [6, 6.07) is 3.08. The van der Waals surface area contributed by atoms with Gasteiger partial charge in [0, 0.05) is 25.9 Å². The molecule has 0 bridgehead atoms. The molecule has 1 aromatic carbocycles. The lowest BCUT2D eigenvalue weighted by Crippen LogP contribution is -2.36. The van der Waals surface area contributed by atoms with Gasteiger partial charge in [0.1, 0.15) is 5.82 Å². The van der Waals surface area contributed by atoms with Gasteiger partial charge in [0.05, 0.1) is 4.47 Å². The molecule has 0 aliphatic heterocycles. The highest BCUT2D eigenvalue weighted by Gasteiger charge is 2.06. The summed E-state index contributed by atoms with van der Waals surface area (Å²) >= 11 is 3.14. The van der Waals surface area contributed by atoms with Crippen molar-refractivity contribution in [2.75, 3.05) is 25.6 Å². The summed E-state index contributed by atoms with van der Waals surface area (Å²) in [7, 11) is 1.64. The molecular formula is C12H18BrFN4O. The molecule has 0 aliphatic rings. The second-order valence-corrected chi connectivity index (χ2v) is 4.78. The lowest BCUT2D eigenvalue weighted by Gasteiger charge is -2.12. The molecule has 0 saturated carbocycles. The van der Waals surface area contributed by atoms with E-state index in [0.717, 1.165) is 12.0 Å². The van der Waals surface area contributed by atoms with Gasteiger partial charge in [-0.1, -0.05) is 0 Å². The Morgan fingerprint density at radius 1 is 1.53 bits per heavy atom.